The third-order valence-electron chi connectivity index (χ3n) is 6.51. The monoisotopic (exact) mass is 516 g/mol. The molecule has 0 saturated carbocycles. The molecular weight excluding hydrogens is 483 g/mol. The van der Waals surface area contributed by atoms with Gasteiger partial charge in [0.05, 0.1) is 0 Å². The van der Waals surface area contributed by atoms with Crippen LogP contribution in [0.3, 0.4) is 0 Å². The lowest BCUT2D eigenvalue weighted by atomic mass is 9.85. The van der Waals surface area contributed by atoms with Gasteiger partial charge in [0.2, 0.25) is 0 Å². The van der Waals surface area contributed by atoms with E-state index in [1.165, 1.54) is 5.56 Å². The van der Waals surface area contributed by atoms with E-state index in [-0.39, 0.29) is 24.8 Å². The number of halogens is 2. The molecule has 0 aliphatic carbocycles. The minimum absolute atomic E-state index is 0. The Balaban J connectivity index is 0.00000171. The molecule has 0 radical (unpaired) electrons. The summed E-state index contributed by atoms with van der Waals surface area (Å²) in [6, 6.07) is 26.6. The highest BCUT2D eigenvalue weighted by atomic mass is 35.5. The van der Waals surface area contributed by atoms with Crippen molar-refractivity contribution in [3.8, 4) is 23.0 Å². The van der Waals surface area contributed by atoms with Crippen LogP contribution >= 0.6 is 24.8 Å². The number of hydrogen-bond donors (Lipinski definition) is 1. The number of benzene rings is 3. The lowest BCUT2D eigenvalue weighted by molar-refractivity contribution is 0.0212. The van der Waals surface area contributed by atoms with E-state index in [0.717, 1.165) is 75.2 Å². The van der Waals surface area contributed by atoms with Crippen LogP contribution in [0.15, 0.2) is 78.9 Å². The zero-order valence-electron chi connectivity index (χ0n) is 19.8. The summed E-state index contributed by atoms with van der Waals surface area (Å²) in [5, 5.41) is 3.49. The van der Waals surface area contributed by atoms with Gasteiger partial charge < -0.3 is 19.5 Å². The van der Waals surface area contributed by atoms with Crippen molar-refractivity contribution >= 4 is 24.8 Å². The van der Waals surface area contributed by atoms with E-state index >= 15 is 0 Å². The van der Waals surface area contributed by atoms with Gasteiger partial charge in [0.25, 0.3) is 0 Å². The molecule has 0 amide bonds. The summed E-state index contributed by atoms with van der Waals surface area (Å²) < 4.78 is 18.3. The van der Waals surface area contributed by atoms with E-state index in [0.29, 0.717) is 12.0 Å². The molecule has 0 spiro atoms. The van der Waals surface area contributed by atoms with Gasteiger partial charge in [-0.1, -0.05) is 42.5 Å². The highest BCUT2D eigenvalue weighted by molar-refractivity contribution is 5.85. The molecule has 5 rings (SSSR count). The Kier molecular flexibility index (Phi) is 10.7. The average Bonchev–Trinajstić information content (AvgIpc) is 2.88. The Morgan fingerprint density at radius 2 is 1.31 bits per heavy atom. The highest BCUT2D eigenvalue weighted by Crippen LogP contribution is 2.41. The SMILES string of the molecule is Cl.Cl.c1ccc(Oc2ccc([C@@H](C3CCOCC3)N3CCNCC3)cc2Oc2ccccc2)cc1. The fourth-order valence-electron chi connectivity index (χ4n) is 4.88. The fraction of sp³-hybridized carbons (Fsp3) is 0.357. The lowest BCUT2D eigenvalue weighted by Crippen LogP contribution is -2.47. The van der Waals surface area contributed by atoms with Crippen molar-refractivity contribution in [2.24, 2.45) is 5.92 Å². The molecule has 1 N–H and O–H groups in total. The first kappa shape index (κ1) is 27.3. The Hall–Kier alpha value is -2.28. The summed E-state index contributed by atoms with van der Waals surface area (Å²) in [7, 11) is 0. The predicted octanol–water partition coefficient (Wildman–Crippen LogP) is 6.49. The van der Waals surface area contributed by atoms with E-state index in [1.807, 2.05) is 60.7 Å². The summed E-state index contributed by atoms with van der Waals surface area (Å²) in [5.41, 5.74) is 1.29. The molecule has 3 aromatic carbocycles. The first-order valence-electron chi connectivity index (χ1n) is 12.0. The largest absolute Gasteiger partial charge is 0.453 e. The van der Waals surface area contributed by atoms with Crippen LogP contribution in [-0.4, -0.2) is 44.3 Å². The molecule has 7 heteroatoms. The third-order valence-corrected chi connectivity index (χ3v) is 6.51. The first-order chi connectivity index (χ1) is 16.4. The number of nitrogens with one attached hydrogen (secondary N) is 1. The van der Waals surface area contributed by atoms with Crippen molar-refractivity contribution in [3.63, 3.8) is 0 Å². The van der Waals surface area contributed by atoms with Crippen molar-refractivity contribution in [2.45, 2.75) is 18.9 Å². The number of rotatable bonds is 7. The molecule has 0 bridgehead atoms. The molecule has 35 heavy (non-hydrogen) atoms. The van der Waals surface area contributed by atoms with Crippen LogP contribution < -0.4 is 14.8 Å². The molecule has 188 valence electrons. The van der Waals surface area contributed by atoms with Gasteiger partial charge in [-0.3, -0.25) is 4.90 Å². The standard InChI is InChI=1S/C28H32N2O3.2ClH/c1-3-7-24(8-4-1)32-26-12-11-23(21-27(26)33-25-9-5-2-6-10-25)28(22-13-19-31-20-14-22)30-17-15-29-16-18-30;;/h1-12,21-22,28-29H,13-20H2;2*1H/t28-;;/m1../s1. The second kappa shape index (κ2) is 13.7. The number of ether oxygens (including phenoxy) is 3. The second-order valence-electron chi connectivity index (χ2n) is 8.72. The maximum Gasteiger partial charge on any atom is 0.170 e. The number of piperazine rings is 1. The summed E-state index contributed by atoms with van der Waals surface area (Å²) in [5.74, 6) is 3.64. The van der Waals surface area contributed by atoms with Gasteiger partial charge in [0, 0.05) is 45.4 Å². The van der Waals surface area contributed by atoms with E-state index in [1.54, 1.807) is 0 Å². The lowest BCUT2D eigenvalue weighted by Gasteiger charge is -2.41. The first-order valence-corrected chi connectivity index (χ1v) is 12.0. The zero-order chi connectivity index (χ0) is 22.3. The molecule has 2 saturated heterocycles. The Bertz CT molecular complexity index is 993. The average molecular weight is 517 g/mol. The Morgan fingerprint density at radius 3 is 1.91 bits per heavy atom. The predicted molar refractivity (Wildman–Crippen MR) is 145 cm³/mol. The number of para-hydroxylation sites is 2. The minimum Gasteiger partial charge on any atom is -0.453 e. The molecule has 2 fully saturated rings. The van der Waals surface area contributed by atoms with Gasteiger partial charge in [-0.25, -0.2) is 0 Å². The van der Waals surface area contributed by atoms with Gasteiger partial charge in [-0.05, 0) is 60.7 Å². The van der Waals surface area contributed by atoms with Gasteiger partial charge in [0.15, 0.2) is 11.5 Å². The van der Waals surface area contributed by atoms with Gasteiger partial charge >= 0.3 is 0 Å². The minimum atomic E-state index is 0. The number of nitrogens with zero attached hydrogens (tertiary/aromatic N) is 1. The summed E-state index contributed by atoms with van der Waals surface area (Å²) >= 11 is 0. The molecule has 0 unspecified atom stereocenters. The van der Waals surface area contributed by atoms with Crippen LogP contribution in [0.1, 0.15) is 24.4 Å². The van der Waals surface area contributed by atoms with Crippen LogP contribution in [0, 0.1) is 5.92 Å². The van der Waals surface area contributed by atoms with Crippen LogP contribution in [-0.2, 0) is 4.74 Å². The highest BCUT2D eigenvalue weighted by Gasteiger charge is 2.32. The molecule has 1 atom stereocenters. The van der Waals surface area contributed by atoms with Gasteiger partial charge in [-0.15, -0.1) is 24.8 Å². The van der Waals surface area contributed by atoms with E-state index < -0.39 is 0 Å². The van der Waals surface area contributed by atoms with E-state index in [9.17, 15) is 0 Å². The molecule has 2 aliphatic rings. The molecule has 2 aliphatic heterocycles. The van der Waals surface area contributed by atoms with Crippen molar-refractivity contribution in [3.05, 3.63) is 84.4 Å². The van der Waals surface area contributed by atoms with Gasteiger partial charge in [-0.2, -0.15) is 0 Å². The molecule has 3 aromatic rings. The van der Waals surface area contributed by atoms with Crippen LogP contribution in [0.4, 0.5) is 0 Å². The van der Waals surface area contributed by atoms with Crippen LogP contribution in [0.2, 0.25) is 0 Å². The topological polar surface area (TPSA) is 43.0 Å². The quantitative estimate of drug-likeness (QED) is 0.388. The van der Waals surface area contributed by atoms with Gasteiger partial charge in [0.1, 0.15) is 11.5 Å². The third kappa shape index (κ3) is 7.12. The van der Waals surface area contributed by atoms with Crippen molar-refractivity contribution < 1.29 is 14.2 Å². The van der Waals surface area contributed by atoms with Crippen LogP contribution in [0.25, 0.3) is 0 Å². The fourth-order valence-corrected chi connectivity index (χ4v) is 4.88. The summed E-state index contributed by atoms with van der Waals surface area (Å²) in [4.78, 5) is 2.63. The summed E-state index contributed by atoms with van der Waals surface area (Å²) in [6.07, 6.45) is 2.18. The molecular formula is C28H34Cl2N2O3. The number of hydrogen-bond acceptors (Lipinski definition) is 5. The van der Waals surface area contributed by atoms with E-state index in [2.05, 4.69) is 28.4 Å². The summed E-state index contributed by atoms with van der Waals surface area (Å²) in [6.45, 7) is 5.86. The molecule has 5 nitrogen and oxygen atoms in total. The normalized spacial score (nSPS) is 17.5. The van der Waals surface area contributed by atoms with Crippen molar-refractivity contribution in [2.75, 3.05) is 39.4 Å². The Labute approximate surface area is 220 Å². The maximum atomic E-state index is 6.37. The second-order valence-corrected chi connectivity index (χ2v) is 8.72. The smallest absolute Gasteiger partial charge is 0.170 e. The Morgan fingerprint density at radius 1 is 0.743 bits per heavy atom. The van der Waals surface area contributed by atoms with E-state index in [4.69, 9.17) is 14.2 Å². The van der Waals surface area contributed by atoms with Crippen LogP contribution in [0.5, 0.6) is 23.0 Å². The molecule has 2 heterocycles. The van der Waals surface area contributed by atoms with Crippen molar-refractivity contribution in [1.29, 1.82) is 0 Å². The van der Waals surface area contributed by atoms with Crippen molar-refractivity contribution in [1.82, 2.24) is 10.2 Å². The molecule has 0 aromatic heterocycles. The maximum absolute atomic E-state index is 6.37. The zero-order valence-corrected chi connectivity index (χ0v) is 21.4.